The van der Waals surface area contributed by atoms with Crippen LogP contribution in [-0.2, 0) is 4.79 Å². The maximum absolute atomic E-state index is 13.8. The summed E-state index contributed by atoms with van der Waals surface area (Å²) in [6.07, 6.45) is 0.157. The number of ether oxygens (including phenoxy) is 2. The molecular formula is C22H18FNO5S. The van der Waals surface area contributed by atoms with Crippen LogP contribution in [0.15, 0.2) is 42.5 Å². The minimum Gasteiger partial charge on any atom is -0.493 e. The van der Waals surface area contributed by atoms with Crippen LogP contribution in [0, 0.1) is 5.82 Å². The van der Waals surface area contributed by atoms with E-state index in [1.54, 1.807) is 18.2 Å². The van der Waals surface area contributed by atoms with Crippen molar-refractivity contribution in [3.05, 3.63) is 63.6 Å². The van der Waals surface area contributed by atoms with E-state index in [4.69, 9.17) is 9.47 Å². The summed E-state index contributed by atoms with van der Waals surface area (Å²) in [5, 5.41) is 12.6. The van der Waals surface area contributed by atoms with Gasteiger partial charge in [0.05, 0.1) is 19.9 Å². The molecular weight excluding hydrogens is 409 g/mol. The second-order valence-electron chi connectivity index (χ2n) is 6.78. The summed E-state index contributed by atoms with van der Waals surface area (Å²) in [5.74, 6) is -1.15. The first-order valence-corrected chi connectivity index (χ1v) is 9.92. The lowest BCUT2D eigenvalue weighted by Crippen LogP contribution is -2.22. The number of thiophene rings is 1. The maximum atomic E-state index is 13.8. The zero-order valence-electron chi connectivity index (χ0n) is 16.2. The Bertz CT molecular complexity index is 1160. The van der Waals surface area contributed by atoms with Gasteiger partial charge in [0.2, 0.25) is 5.91 Å². The molecule has 0 saturated heterocycles. The van der Waals surface area contributed by atoms with Crippen LogP contribution < -0.4 is 14.8 Å². The van der Waals surface area contributed by atoms with Gasteiger partial charge in [-0.15, -0.1) is 11.3 Å². The number of anilines is 1. The Morgan fingerprint density at radius 3 is 2.60 bits per heavy atom. The molecule has 2 N–H and O–H groups in total. The molecule has 6 nitrogen and oxygen atoms in total. The largest absolute Gasteiger partial charge is 0.493 e. The number of fused-ring (bicyclic) bond motifs is 1. The molecule has 154 valence electrons. The normalized spacial score (nSPS) is 15.3. The summed E-state index contributed by atoms with van der Waals surface area (Å²) in [4.78, 5) is 25.3. The smallest absolute Gasteiger partial charge is 0.346 e. The molecule has 0 spiro atoms. The maximum Gasteiger partial charge on any atom is 0.346 e. The van der Waals surface area contributed by atoms with Crippen molar-refractivity contribution < 1.29 is 28.6 Å². The number of carboxylic acid groups (broad SMARTS) is 1. The molecule has 0 fully saturated rings. The van der Waals surface area contributed by atoms with Gasteiger partial charge in [0.25, 0.3) is 0 Å². The van der Waals surface area contributed by atoms with Crippen LogP contribution in [0.1, 0.15) is 32.5 Å². The monoisotopic (exact) mass is 427 g/mol. The van der Waals surface area contributed by atoms with Gasteiger partial charge in [0.1, 0.15) is 10.7 Å². The van der Waals surface area contributed by atoms with Gasteiger partial charge in [-0.2, -0.15) is 0 Å². The molecule has 1 amide bonds. The van der Waals surface area contributed by atoms with Gasteiger partial charge in [-0.3, -0.25) is 4.79 Å². The fraction of sp³-hybridized carbons (Fsp3) is 0.182. The molecule has 0 radical (unpaired) electrons. The Morgan fingerprint density at radius 1 is 1.17 bits per heavy atom. The summed E-state index contributed by atoms with van der Waals surface area (Å²) in [5.41, 5.74) is 1.94. The van der Waals surface area contributed by atoms with Gasteiger partial charge in [0.15, 0.2) is 11.5 Å². The lowest BCUT2D eigenvalue weighted by Gasteiger charge is -2.24. The fourth-order valence-corrected chi connectivity index (χ4v) is 4.94. The highest BCUT2D eigenvalue weighted by atomic mass is 32.1. The third kappa shape index (κ3) is 3.39. The molecule has 1 aliphatic rings. The number of hydrogen-bond acceptors (Lipinski definition) is 5. The van der Waals surface area contributed by atoms with Crippen molar-refractivity contribution in [1.82, 2.24) is 0 Å². The number of carboxylic acids is 1. The molecule has 0 unspecified atom stereocenters. The Kier molecular flexibility index (Phi) is 5.17. The Hall–Kier alpha value is -3.39. The lowest BCUT2D eigenvalue weighted by molar-refractivity contribution is -0.116. The van der Waals surface area contributed by atoms with Crippen molar-refractivity contribution in [2.75, 3.05) is 19.5 Å². The van der Waals surface area contributed by atoms with Gasteiger partial charge in [-0.25, -0.2) is 9.18 Å². The van der Waals surface area contributed by atoms with Crippen molar-refractivity contribution in [2.45, 2.75) is 12.3 Å². The van der Waals surface area contributed by atoms with Gasteiger partial charge >= 0.3 is 5.97 Å². The number of carbonyl (C=O) groups is 2. The number of rotatable bonds is 5. The number of methoxy groups -OCH3 is 2. The molecule has 0 bridgehead atoms. The zero-order chi connectivity index (χ0) is 21.4. The molecule has 30 heavy (non-hydrogen) atoms. The molecule has 0 saturated carbocycles. The highest BCUT2D eigenvalue weighted by molar-refractivity contribution is 7.15. The fourth-order valence-electron chi connectivity index (χ4n) is 3.70. The third-order valence-electron chi connectivity index (χ3n) is 5.02. The van der Waals surface area contributed by atoms with Crippen molar-refractivity contribution in [2.24, 2.45) is 0 Å². The quantitative estimate of drug-likeness (QED) is 0.614. The molecule has 3 aromatic rings. The van der Waals surface area contributed by atoms with Crippen LogP contribution in [0.4, 0.5) is 10.1 Å². The van der Waals surface area contributed by atoms with Crippen molar-refractivity contribution in [3.8, 4) is 22.6 Å². The molecule has 2 aromatic carbocycles. The number of benzene rings is 2. The predicted molar refractivity (Wildman–Crippen MR) is 111 cm³/mol. The minimum atomic E-state index is -1.13. The van der Waals surface area contributed by atoms with E-state index in [1.807, 2.05) is 6.07 Å². The minimum absolute atomic E-state index is 0.0540. The zero-order valence-corrected chi connectivity index (χ0v) is 17.0. The lowest BCUT2D eigenvalue weighted by atomic mass is 9.88. The number of amides is 1. The first-order valence-electron chi connectivity index (χ1n) is 9.10. The van der Waals surface area contributed by atoms with E-state index in [9.17, 15) is 19.1 Å². The average Bonchev–Trinajstić information content (AvgIpc) is 3.12. The van der Waals surface area contributed by atoms with Gasteiger partial charge in [0, 0.05) is 22.8 Å². The van der Waals surface area contributed by atoms with Crippen molar-refractivity contribution >= 4 is 28.9 Å². The first-order chi connectivity index (χ1) is 14.4. The van der Waals surface area contributed by atoms with E-state index in [2.05, 4.69) is 5.32 Å². The number of hydrogen-bond donors (Lipinski definition) is 2. The van der Waals surface area contributed by atoms with Crippen molar-refractivity contribution in [3.63, 3.8) is 0 Å². The van der Waals surface area contributed by atoms with Crippen LogP contribution in [0.25, 0.3) is 11.1 Å². The second-order valence-corrected chi connectivity index (χ2v) is 7.83. The van der Waals surface area contributed by atoms with Crippen molar-refractivity contribution in [1.29, 1.82) is 0 Å². The number of carbonyl (C=O) groups excluding carboxylic acids is 1. The van der Waals surface area contributed by atoms with Crippen LogP contribution in [0.3, 0.4) is 0 Å². The number of aromatic carboxylic acids is 1. The highest BCUT2D eigenvalue weighted by Crippen LogP contribution is 2.50. The standard InChI is InChI=1S/C22H18FNO5S/c1-28-15-7-6-11(9-16(15)29-2)14-10-17(25)24-19-18(12-4-3-5-13(23)8-12)21(22(26)27)30-20(14)19/h3-9,14H,10H2,1-2H3,(H,24,25)(H,26,27)/t14-/m1/s1. The van der Waals surface area contributed by atoms with E-state index in [0.717, 1.165) is 16.9 Å². The van der Waals surface area contributed by atoms with E-state index >= 15 is 0 Å². The second kappa shape index (κ2) is 7.79. The molecule has 1 aliphatic heterocycles. The van der Waals surface area contributed by atoms with Crippen LogP contribution in [0.2, 0.25) is 0 Å². The van der Waals surface area contributed by atoms with E-state index in [-0.39, 0.29) is 23.1 Å². The average molecular weight is 427 g/mol. The highest BCUT2D eigenvalue weighted by Gasteiger charge is 2.34. The van der Waals surface area contributed by atoms with E-state index < -0.39 is 11.8 Å². The van der Waals surface area contributed by atoms with E-state index in [1.165, 1.54) is 32.4 Å². The topological polar surface area (TPSA) is 84.9 Å². The Labute approximate surface area is 175 Å². The summed E-state index contributed by atoms with van der Waals surface area (Å²) in [7, 11) is 3.06. The summed E-state index contributed by atoms with van der Waals surface area (Å²) in [6.45, 7) is 0. The summed E-state index contributed by atoms with van der Waals surface area (Å²) >= 11 is 1.09. The number of nitrogens with one attached hydrogen (secondary N) is 1. The molecule has 2 heterocycles. The Morgan fingerprint density at radius 2 is 1.93 bits per heavy atom. The first kappa shape index (κ1) is 19.9. The summed E-state index contributed by atoms with van der Waals surface area (Å²) < 4.78 is 24.5. The third-order valence-corrected chi connectivity index (χ3v) is 6.31. The number of halogens is 1. The van der Waals surface area contributed by atoms with Crippen LogP contribution in [-0.4, -0.2) is 31.2 Å². The summed E-state index contributed by atoms with van der Waals surface area (Å²) in [6, 6.07) is 11.1. The molecule has 8 heteroatoms. The molecule has 4 rings (SSSR count). The molecule has 1 atom stereocenters. The van der Waals surface area contributed by atoms with Gasteiger partial charge < -0.3 is 19.9 Å². The molecule has 0 aliphatic carbocycles. The van der Waals surface area contributed by atoms with Gasteiger partial charge in [-0.05, 0) is 35.4 Å². The molecule has 1 aromatic heterocycles. The van der Waals surface area contributed by atoms with Crippen LogP contribution in [0.5, 0.6) is 11.5 Å². The van der Waals surface area contributed by atoms with Crippen LogP contribution >= 0.6 is 11.3 Å². The van der Waals surface area contributed by atoms with Gasteiger partial charge in [-0.1, -0.05) is 18.2 Å². The predicted octanol–water partition coefficient (Wildman–Crippen LogP) is 4.74. The van der Waals surface area contributed by atoms with E-state index in [0.29, 0.717) is 33.2 Å². The SMILES string of the molecule is COc1ccc([C@H]2CC(=O)Nc3c2sc(C(=O)O)c3-c2cccc(F)c2)cc1OC. The Balaban J connectivity index is 1.91.